The Morgan fingerprint density at radius 1 is 1.36 bits per heavy atom. The summed E-state index contributed by atoms with van der Waals surface area (Å²) in [5.41, 5.74) is -1.03. The van der Waals surface area contributed by atoms with Crippen LogP contribution < -0.4 is 0 Å². The molecule has 0 fully saturated rings. The second-order valence-electron chi connectivity index (χ2n) is 3.13. The summed E-state index contributed by atoms with van der Waals surface area (Å²) in [5, 5.41) is 0. The van der Waals surface area contributed by atoms with E-state index in [1.165, 1.54) is 20.8 Å². The Morgan fingerprint density at radius 2 is 1.82 bits per heavy atom. The molecule has 0 radical (unpaired) electrons. The third kappa shape index (κ3) is 2.26. The van der Waals surface area contributed by atoms with Crippen LogP contribution in [-0.4, -0.2) is 18.4 Å². The summed E-state index contributed by atoms with van der Waals surface area (Å²) < 4.78 is 0. The summed E-state index contributed by atoms with van der Waals surface area (Å²) in [6.07, 6.45) is 1.11. The molecule has 3 nitrogen and oxygen atoms in total. The minimum absolute atomic E-state index is 0.331. The van der Waals surface area contributed by atoms with E-state index in [1.54, 1.807) is 0 Å². The van der Waals surface area contributed by atoms with Gasteiger partial charge < -0.3 is 9.59 Å². The summed E-state index contributed by atoms with van der Waals surface area (Å²) in [6.45, 7) is 4.49. The van der Waals surface area contributed by atoms with Crippen molar-refractivity contribution in [3.8, 4) is 0 Å². The summed E-state index contributed by atoms with van der Waals surface area (Å²) in [5.74, 6) is -1.02. The Bertz CT molecular complexity index is 182. The zero-order chi connectivity index (χ0) is 9.07. The fourth-order valence-corrected chi connectivity index (χ4v) is 0.707. The molecule has 62 valence electrons. The van der Waals surface area contributed by atoms with Crippen molar-refractivity contribution in [2.45, 2.75) is 20.8 Å². The number of rotatable bonds is 4. The third-order valence-corrected chi connectivity index (χ3v) is 1.55. The lowest BCUT2D eigenvalue weighted by molar-refractivity contribution is -0.137. The highest BCUT2D eigenvalue weighted by Crippen LogP contribution is 2.16. The van der Waals surface area contributed by atoms with Gasteiger partial charge in [-0.2, -0.15) is 0 Å². The van der Waals surface area contributed by atoms with Crippen LogP contribution in [0.1, 0.15) is 20.8 Å². The molecular formula is C8H12O3. The first-order valence-electron chi connectivity index (χ1n) is 3.41. The SMILES string of the molecule is CC(C=O)C(=O)C(C)(C)C=O. The van der Waals surface area contributed by atoms with Gasteiger partial charge in [-0.3, -0.25) is 4.79 Å². The molecule has 0 spiro atoms. The normalized spacial score (nSPS) is 13.7. The predicted octanol–water partition coefficient (Wildman–Crippen LogP) is 0.616. The van der Waals surface area contributed by atoms with Crippen molar-refractivity contribution in [3.63, 3.8) is 0 Å². The number of aldehydes is 2. The van der Waals surface area contributed by atoms with E-state index in [0.29, 0.717) is 12.6 Å². The molecule has 1 unspecified atom stereocenters. The zero-order valence-electron chi connectivity index (χ0n) is 6.96. The molecule has 0 aromatic carbocycles. The molecule has 0 heterocycles. The van der Waals surface area contributed by atoms with Crippen molar-refractivity contribution in [2.75, 3.05) is 0 Å². The second kappa shape index (κ2) is 3.42. The van der Waals surface area contributed by atoms with E-state index in [0.717, 1.165) is 0 Å². The van der Waals surface area contributed by atoms with Crippen LogP contribution in [0, 0.1) is 11.3 Å². The molecule has 0 saturated heterocycles. The van der Waals surface area contributed by atoms with Crippen molar-refractivity contribution in [2.24, 2.45) is 11.3 Å². The van der Waals surface area contributed by atoms with Gasteiger partial charge in [-0.05, 0) is 20.8 Å². The summed E-state index contributed by atoms with van der Waals surface area (Å²) in [4.78, 5) is 31.7. The molecule has 0 saturated carbocycles. The standard InChI is InChI=1S/C8H12O3/c1-6(4-9)7(11)8(2,3)5-10/h4-6H,1-3H3. The number of hydrogen-bond donors (Lipinski definition) is 0. The van der Waals surface area contributed by atoms with Crippen molar-refractivity contribution < 1.29 is 14.4 Å². The summed E-state index contributed by atoms with van der Waals surface area (Å²) in [7, 11) is 0. The average Bonchev–Trinajstić information content (AvgIpc) is 2.01. The molecule has 0 aromatic heterocycles. The number of ketones is 1. The van der Waals surface area contributed by atoms with Crippen molar-refractivity contribution >= 4 is 18.4 Å². The zero-order valence-corrected chi connectivity index (χ0v) is 6.96. The predicted molar refractivity (Wildman–Crippen MR) is 40.1 cm³/mol. The maximum absolute atomic E-state index is 11.2. The molecule has 3 heteroatoms. The van der Waals surface area contributed by atoms with E-state index < -0.39 is 11.3 Å². The highest BCUT2D eigenvalue weighted by molar-refractivity contribution is 6.04. The van der Waals surface area contributed by atoms with Crippen LogP contribution in [-0.2, 0) is 14.4 Å². The van der Waals surface area contributed by atoms with Gasteiger partial charge >= 0.3 is 0 Å². The fourth-order valence-electron chi connectivity index (χ4n) is 0.707. The molecule has 11 heavy (non-hydrogen) atoms. The number of carbonyl (C=O) groups excluding carboxylic acids is 3. The topological polar surface area (TPSA) is 51.2 Å². The average molecular weight is 156 g/mol. The Balaban J connectivity index is 4.47. The maximum Gasteiger partial charge on any atom is 0.155 e. The fraction of sp³-hybridized carbons (Fsp3) is 0.625. The second-order valence-corrected chi connectivity index (χ2v) is 3.13. The quantitative estimate of drug-likeness (QED) is 0.442. The molecule has 0 aliphatic heterocycles. The number of hydrogen-bond acceptors (Lipinski definition) is 3. The van der Waals surface area contributed by atoms with Crippen LogP contribution in [0.15, 0.2) is 0 Å². The molecular weight excluding hydrogens is 144 g/mol. The van der Waals surface area contributed by atoms with Crippen LogP contribution in [0.3, 0.4) is 0 Å². The Hall–Kier alpha value is -0.990. The van der Waals surface area contributed by atoms with Crippen LogP contribution in [0.5, 0.6) is 0 Å². The van der Waals surface area contributed by atoms with Gasteiger partial charge in [-0.1, -0.05) is 0 Å². The lowest BCUT2D eigenvalue weighted by Gasteiger charge is -2.16. The summed E-state index contributed by atoms with van der Waals surface area (Å²) >= 11 is 0. The van der Waals surface area contributed by atoms with E-state index in [1.807, 2.05) is 0 Å². The summed E-state index contributed by atoms with van der Waals surface area (Å²) in [6, 6.07) is 0. The molecule has 0 aliphatic carbocycles. The van der Waals surface area contributed by atoms with Gasteiger partial charge in [-0.15, -0.1) is 0 Å². The van der Waals surface area contributed by atoms with Crippen molar-refractivity contribution in [1.82, 2.24) is 0 Å². The lowest BCUT2D eigenvalue weighted by Crippen LogP contribution is -2.31. The van der Waals surface area contributed by atoms with E-state index in [2.05, 4.69) is 0 Å². The maximum atomic E-state index is 11.2. The minimum Gasteiger partial charge on any atom is -0.303 e. The molecule has 0 aliphatic rings. The molecule has 1 atom stereocenters. The van der Waals surface area contributed by atoms with Gasteiger partial charge in [0.1, 0.15) is 12.6 Å². The third-order valence-electron chi connectivity index (χ3n) is 1.55. The molecule has 0 rings (SSSR count). The van der Waals surface area contributed by atoms with Crippen molar-refractivity contribution in [1.29, 1.82) is 0 Å². The van der Waals surface area contributed by atoms with Crippen molar-refractivity contribution in [3.05, 3.63) is 0 Å². The first-order chi connectivity index (χ1) is 4.95. The van der Waals surface area contributed by atoms with E-state index in [4.69, 9.17) is 0 Å². The largest absolute Gasteiger partial charge is 0.303 e. The smallest absolute Gasteiger partial charge is 0.155 e. The molecule has 0 N–H and O–H groups in total. The van der Waals surface area contributed by atoms with E-state index in [9.17, 15) is 14.4 Å². The first-order valence-corrected chi connectivity index (χ1v) is 3.41. The Morgan fingerprint density at radius 3 is 2.09 bits per heavy atom. The van der Waals surface area contributed by atoms with Gasteiger partial charge in [-0.25, -0.2) is 0 Å². The van der Waals surface area contributed by atoms with E-state index >= 15 is 0 Å². The lowest BCUT2D eigenvalue weighted by atomic mass is 9.84. The number of Topliss-reactive ketones (excluding diaryl/α,β-unsaturated/α-hetero) is 1. The first kappa shape index (κ1) is 10.0. The minimum atomic E-state index is -1.03. The van der Waals surface area contributed by atoms with Gasteiger partial charge in [0.2, 0.25) is 0 Å². The monoisotopic (exact) mass is 156 g/mol. The molecule has 0 aromatic rings. The number of carbonyl (C=O) groups is 3. The van der Waals surface area contributed by atoms with Crippen LogP contribution >= 0.6 is 0 Å². The van der Waals surface area contributed by atoms with Gasteiger partial charge in [0, 0.05) is 0 Å². The van der Waals surface area contributed by atoms with Crippen LogP contribution in [0.25, 0.3) is 0 Å². The van der Waals surface area contributed by atoms with Gasteiger partial charge in [0.05, 0.1) is 11.3 Å². The van der Waals surface area contributed by atoms with Crippen LogP contribution in [0.2, 0.25) is 0 Å². The Labute approximate surface area is 65.8 Å². The highest BCUT2D eigenvalue weighted by atomic mass is 16.2. The van der Waals surface area contributed by atoms with E-state index in [-0.39, 0.29) is 5.78 Å². The molecule has 0 bridgehead atoms. The van der Waals surface area contributed by atoms with Gasteiger partial charge in [0.25, 0.3) is 0 Å². The van der Waals surface area contributed by atoms with Crippen LogP contribution in [0.4, 0.5) is 0 Å². The Kier molecular flexibility index (Phi) is 3.11. The highest BCUT2D eigenvalue weighted by Gasteiger charge is 2.30. The van der Waals surface area contributed by atoms with Gasteiger partial charge in [0.15, 0.2) is 5.78 Å². The molecule has 0 amide bonds.